The highest BCUT2D eigenvalue weighted by Crippen LogP contribution is 2.16. The van der Waals surface area contributed by atoms with Gasteiger partial charge in [-0.1, -0.05) is 22.0 Å². The van der Waals surface area contributed by atoms with Crippen LogP contribution in [0.1, 0.15) is 6.42 Å². The van der Waals surface area contributed by atoms with Gasteiger partial charge in [-0.3, -0.25) is 9.69 Å². The molecule has 1 fully saturated rings. The molecular formula is C7H10BrNO. The first-order chi connectivity index (χ1) is 4.84. The van der Waals surface area contributed by atoms with Gasteiger partial charge in [0.25, 0.3) is 0 Å². The second kappa shape index (κ2) is 3.88. The fourth-order valence-electron chi connectivity index (χ4n) is 0.846. The molecule has 0 unspecified atom stereocenters. The molecule has 0 N–H and O–H groups in total. The van der Waals surface area contributed by atoms with Crippen molar-refractivity contribution in [2.75, 3.05) is 13.1 Å². The van der Waals surface area contributed by atoms with Crippen molar-refractivity contribution >= 4 is 22.2 Å². The van der Waals surface area contributed by atoms with E-state index in [0.717, 1.165) is 19.4 Å². The van der Waals surface area contributed by atoms with Crippen molar-refractivity contribution in [2.24, 2.45) is 0 Å². The summed E-state index contributed by atoms with van der Waals surface area (Å²) in [6.45, 7) is 2.28. The highest BCUT2D eigenvalue weighted by molar-refractivity contribution is 9.09. The zero-order valence-electron chi connectivity index (χ0n) is 5.66. The highest BCUT2D eigenvalue weighted by Gasteiger charge is 2.18. The van der Waals surface area contributed by atoms with Crippen molar-refractivity contribution in [2.45, 2.75) is 11.4 Å². The van der Waals surface area contributed by atoms with E-state index in [0.29, 0.717) is 0 Å². The van der Waals surface area contributed by atoms with E-state index >= 15 is 0 Å². The Labute approximate surface area is 69.0 Å². The number of rotatable bonds is 3. The third-order valence-electron chi connectivity index (χ3n) is 1.59. The number of carbonyl (C=O) groups is 1. The van der Waals surface area contributed by atoms with Gasteiger partial charge in [0, 0.05) is 13.1 Å². The Balaban J connectivity index is 2.25. The van der Waals surface area contributed by atoms with Crippen LogP contribution in [0.2, 0.25) is 0 Å². The third kappa shape index (κ3) is 1.92. The fraction of sp³-hybridized carbons (Fsp3) is 0.571. The topological polar surface area (TPSA) is 20.3 Å². The Hall–Kier alpha value is -0.150. The van der Waals surface area contributed by atoms with Crippen molar-refractivity contribution in [3.05, 3.63) is 12.2 Å². The van der Waals surface area contributed by atoms with Gasteiger partial charge in [-0.25, -0.2) is 0 Å². The third-order valence-corrected chi connectivity index (χ3v) is 2.47. The summed E-state index contributed by atoms with van der Waals surface area (Å²) in [5.41, 5.74) is 0. The minimum absolute atomic E-state index is 0.256. The zero-order valence-corrected chi connectivity index (χ0v) is 7.25. The molecule has 0 aromatic heterocycles. The second-order valence-corrected chi connectivity index (χ2v) is 3.22. The lowest BCUT2D eigenvalue weighted by atomic mass is 10.2. The summed E-state index contributed by atoms with van der Waals surface area (Å²) >= 11 is 3.44. The monoisotopic (exact) mass is 203 g/mol. The van der Waals surface area contributed by atoms with Crippen LogP contribution in [0.3, 0.4) is 0 Å². The summed E-state index contributed by atoms with van der Waals surface area (Å²) in [5, 5.41) is 0. The van der Waals surface area contributed by atoms with Gasteiger partial charge in [-0.2, -0.15) is 0 Å². The van der Waals surface area contributed by atoms with E-state index in [9.17, 15) is 4.79 Å². The maximum absolute atomic E-state index is 9.91. The number of halogens is 1. The van der Waals surface area contributed by atoms with Crippen LogP contribution < -0.4 is 0 Å². The van der Waals surface area contributed by atoms with E-state index in [2.05, 4.69) is 20.8 Å². The van der Waals surface area contributed by atoms with Crippen LogP contribution in [0.5, 0.6) is 0 Å². The van der Waals surface area contributed by atoms with Gasteiger partial charge in [-0.15, -0.1) is 0 Å². The quantitative estimate of drug-likeness (QED) is 0.297. The largest absolute Gasteiger partial charge is 0.299 e. The Morgan fingerprint density at radius 3 is 2.60 bits per heavy atom. The first kappa shape index (κ1) is 7.95. The molecule has 1 aliphatic heterocycles. The number of hydrogen-bond donors (Lipinski definition) is 0. The van der Waals surface area contributed by atoms with Crippen molar-refractivity contribution in [3.63, 3.8) is 0 Å². The molecule has 1 heterocycles. The van der Waals surface area contributed by atoms with E-state index in [-0.39, 0.29) is 4.95 Å². The van der Waals surface area contributed by atoms with E-state index in [1.807, 2.05) is 6.08 Å². The summed E-state index contributed by atoms with van der Waals surface area (Å²) in [6.07, 6.45) is 5.45. The molecule has 0 saturated carbocycles. The van der Waals surface area contributed by atoms with Gasteiger partial charge >= 0.3 is 0 Å². The van der Waals surface area contributed by atoms with Gasteiger partial charge in [0.05, 0.1) is 4.95 Å². The minimum atomic E-state index is 0.256. The van der Waals surface area contributed by atoms with Crippen molar-refractivity contribution in [1.82, 2.24) is 4.90 Å². The molecule has 1 atom stereocenters. The van der Waals surface area contributed by atoms with Gasteiger partial charge in [-0.05, 0) is 12.5 Å². The van der Waals surface area contributed by atoms with E-state index in [1.54, 1.807) is 0 Å². The summed E-state index contributed by atoms with van der Waals surface area (Å²) < 4.78 is 0. The summed E-state index contributed by atoms with van der Waals surface area (Å²) in [7, 11) is 0. The molecule has 1 aliphatic rings. The summed E-state index contributed by atoms with van der Waals surface area (Å²) in [5.74, 6) is 0. The van der Waals surface area contributed by atoms with Gasteiger partial charge in [0.2, 0.25) is 0 Å². The number of nitrogens with zero attached hydrogens (tertiary/aromatic N) is 1. The molecule has 1 saturated heterocycles. The molecule has 0 radical (unpaired) electrons. The highest BCUT2D eigenvalue weighted by atomic mass is 79.9. The van der Waals surface area contributed by atoms with Crippen LogP contribution in [0.4, 0.5) is 0 Å². The van der Waals surface area contributed by atoms with Crippen molar-refractivity contribution in [3.8, 4) is 0 Å². The standard InChI is InChI=1S/C7H10BrNO/c8-7(3-1-6-10)9-4-2-5-9/h1,3,6-7H,2,4-5H2/b3-1+/t7-/m1/s1. The lowest BCUT2D eigenvalue weighted by molar-refractivity contribution is -0.104. The van der Waals surface area contributed by atoms with Crippen LogP contribution in [-0.4, -0.2) is 29.2 Å². The van der Waals surface area contributed by atoms with Gasteiger partial charge < -0.3 is 0 Å². The van der Waals surface area contributed by atoms with E-state index < -0.39 is 0 Å². The molecular weight excluding hydrogens is 194 g/mol. The number of hydrogen-bond acceptors (Lipinski definition) is 2. The molecule has 0 aliphatic carbocycles. The van der Waals surface area contributed by atoms with Crippen LogP contribution in [0.25, 0.3) is 0 Å². The Morgan fingerprint density at radius 1 is 1.50 bits per heavy atom. The van der Waals surface area contributed by atoms with Crippen LogP contribution in [0, 0.1) is 0 Å². The molecule has 0 amide bonds. The van der Waals surface area contributed by atoms with E-state index in [1.165, 1.54) is 12.5 Å². The number of aldehydes is 1. The SMILES string of the molecule is O=C/C=C/[C@H](Br)N1CCC1. The smallest absolute Gasteiger partial charge is 0.142 e. The number of likely N-dealkylation sites (tertiary alicyclic amines) is 1. The zero-order chi connectivity index (χ0) is 7.40. The Kier molecular flexibility index (Phi) is 3.09. The van der Waals surface area contributed by atoms with Gasteiger partial charge in [0.15, 0.2) is 0 Å². The maximum Gasteiger partial charge on any atom is 0.142 e. The number of carbonyl (C=O) groups excluding carboxylic acids is 1. The average molecular weight is 204 g/mol. The van der Waals surface area contributed by atoms with E-state index in [4.69, 9.17) is 0 Å². The predicted octanol–water partition coefficient (Wildman–Crippen LogP) is 1.17. The van der Waals surface area contributed by atoms with Crippen LogP contribution in [0.15, 0.2) is 12.2 Å². The van der Waals surface area contributed by atoms with Crippen molar-refractivity contribution < 1.29 is 4.79 Å². The lowest BCUT2D eigenvalue weighted by Crippen LogP contribution is -2.41. The first-order valence-electron chi connectivity index (χ1n) is 3.34. The maximum atomic E-state index is 9.91. The molecule has 10 heavy (non-hydrogen) atoms. The average Bonchev–Trinajstić information content (AvgIpc) is 1.79. The second-order valence-electron chi connectivity index (χ2n) is 2.28. The predicted molar refractivity (Wildman–Crippen MR) is 44.1 cm³/mol. The first-order valence-corrected chi connectivity index (χ1v) is 4.26. The molecule has 0 spiro atoms. The number of allylic oxidation sites excluding steroid dienone is 1. The van der Waals surface area contributed by atoms with Crippen molar-refractivity contribution in [1.29, 1.82) is 0 Å². The number of alkyl halides is 1. The fourth-order valence-corrected chi connectivity index (χ4v) is 1.43. The molecule has 3 heteroatoms. The lowest BCUT2D eigenvalue weighted by Gasteiger charge is -2.33. The Morgan fingerprint density at radius 2 is 2.20 bits per heavy atom. The molecule has 0 aromatic rings. The minimum Gasteiger partial charge on any atom is -0.299 e. The molecule has 0 bridgehead atoms. The molecule has 2 nitrogen and oxygen atoms in total. The summed E-state index contributed by atoms with van der Waals surface area (Å²) in [4.78, 5) is 12.4. The molecule has 56 valence electrons. The summed E-state index contributed by atoms with van der Waals surface area (Å²) in [6, 6.07) is 0. The van der Waals surface area contributed by atoms with Gasteiger partial charge in [0.1, 0.15) is 6.29 Å². The normalized spacial score (nSPS) is 22.5. The van der Waals surface area contributed by atoms with Crippen LogP contribution >= 0.6 is 15.9 Å². The molecule has 1 rings (SSSR count). The molecule has 0 aromatic carbocycles. The Bertz CT molecular complexity index is 143. The van der Waals surface area contributed by atoms with Crippen LogP contribution in [-0.2, 0) is 4.79 Å².